The van der Waals surface area contributed by atoms with Crippen molar-refractivity contribution in [3.05, 3.63) is 82.9 Å². The lowest BCUT2D eigenvalue weighted by Crippen LogP contribution is -2.14. The molecule has 3 aromatic carbocycles. The Morgan fingerprint density at radius 1 is 0.903 bits per heavy atom. The maximum atomic E-state index is 11.5. The molecule has 0 saturated heterocycles. The van der Waals surface area contributed by atoms with Crippen LogP contribution in [0.4, 0.5) is 0 Å². The maximum Gasteiger partial charge on any atom is 0.344 e. The molecular formula is C26H26O5. The van der Waals surface area contributed by atoms with E-state index in [-0.39, 0.29) is 12.6 Å². The van der Waals surface area contributed by atoms with Crippen molar-refractivity contribution in [3.63, 3.8) is 0 Å². The number of hydrogen-bond acceptors (Lipinski definition) is 5. The number of ether oxygens (including phenoxy) is 3. The fraction of sp³-hybridized carbons (Fsp3) is 0.231. The zero-order chi connectivity index (χ0) is 22.2. The highest BCUT2D eigenvalue weighted by Crippen LogP contribution is 2.31. The molecule has 0 aliphatic heterocycles. The second kappa shape index (κ2) is 10.4. The van der Waals surface area contributed by atoms with Crippen LogP contribution in [-0.4, -0.2) is 25.5 Å². The lowest BCUT2D eigenvalue weighted by molar-refractivity contribution is -0.145. The number of benzene rings is 3. The Hall–Kier alpha value is -3.60. The van der Waals surface area contributed by atoms with Crippen molar-refractivity contribution in [2.45, 2.75) is 27.4 Å². The Balaban J connectivity index is 1.73. The lowest BCUT2D eigenvalue weighted by atomic mass is 9.94. The highest BCUT2D eigenvalue weighted by atomic mass is 16.6. The number of aldehydes is 1. The normalized spacial score (nSPS) is 10.4. The predicted molar refractivity (Wildman–Crippen MR) is 120 cm³/mol. The van der Waals surface area contributed by atoms with E-state index in [0.717, 1.165) is 34.1 Å². The first-order valence-corrected chi connectivity index (χ1v) is 10.2. The molecule has 0 saturated carbocycles. The van der Waals surface area contributed by atoms with Gasteiger partial charge in [0, 0.05) is 5.56 Å². The van der Waals surface area contributed by atoms with Gasteiger partial charge in [0.05, 0.1) is 6.61 Å². The summed E-state index contributed by atoms with van der Waals surface area (Å²) in [5.74, 6) is 0.979. The van der Waals surface area contributed by atoms with E-state index in [4.69, 9.17) is 14.2 Å². The summed E-state index contributed by atoms with van der Waals surface area (Å²) in [5.41, 5.74) is 5.99. The molecule has 3 rings (SSSR count). The van der Waals surface area contributed by atoms with Gasteiger partial charge in [-0.3, -0.25) is 4.79 Å². The first-order valence-electron chi connectivity index (χ1n) is 10.2. The van der Waals surface area contributed by atoms with Crippen molar-refractivity contribution in [2.75, 3.05) is 13.2 Å². The minimum absolute atomic E-state index is 0.104. The van der Waals surface area contributed by atoms with Gasteiger partial charge in [0.25, 0.3) is 0 Å². The molecule has 0 radical (unpaired) electrons. The van der Waals surface area contributed by atoms with Crippen molar-refractivity contribution >= 4 is 12.3 Å². The molecule has 0 atom stereocenters. The largest absolute Gasteiger partial charge is 0.489 e. The van der Waals surface area contributed by atoms with Gasteiger partial charge in [-0.2, -0.15) is 0 Å². The van der Waals surface area contributed by atoms with Gasteiger partial charge in [0.1, 0.15) is 24.4 Å². The Morgan fingerprint density at radius 2 is 1.61 bits per heavy atom. The second-order valence-electron chi connectivity index (χ2n) is 7.20. The van der Waals surface area contributed by atoms with Crippen LogP contribution in [0.25, 0.3) is 11.1 Å². The molecule has 0 aliphatic carbocycles. The average Bonchev–Trinajstić information content (AvgIpc) is 2.77. The van der Waals surface area contributed by atoms with Crippen molar-refractivity contribution in [1.29, 1.82) is 0 Å². The summed E-state index contributed by atoms with van der Waals surface area (Å²) in [6.45, 7) is 6.47. The van der Waals surface area contributed by atoms with Crippen LogP contribution < -0.4 is 9.47 Å². The Kier molecular flexibility index (Phi) is 7.44. The molecule has 0 N–H and O–H groups in total. The van der Waals surface area contributed by atoms with E-state index in [1.807, 2.05) is 38.1 Å². The molecule has 0 heterocycles. The smallest absolute Gasteiger partial charge is 0.344 e. The van der Waals surface area contributed by atoms with Gasteiger partial charge < -0.3 is 14.2 Å². The summed E-state index contributed by atoms with van der Waals surface area (Å²) in [7, 11) is 0. The summed E-state index contributed by atoms with van der Waals surface area (Å²) in [4.78, 5) is 22.3. The molecule has 0 spiro atoms. The molecule has 31 heavy (non-hydrogen) atoms. The molecule has 0 aliphatic rings. The molecule has 0 aromatic heterocycles. The summed E-state index contributed by atoms with van der Waals surface area (Å²) in [6.07, 6.45) is 0.811. The molecule has 0 bridgehead atoms. The number of carbonyl (C=O) groups excluding carboxylic acids is 2. The molecule has 0 amide bonds. The second-order valence-corrected chi connectivity index (χ2v) is 7.20. The minimum Gasteiger partial charge on any atom is -0.489 e. The number of rotatable bonds is 9. The third-order valence-electron chi connectivity index (χ3n) is 4.81. The van der Waals surface area contributed by atoms with E-state index in [1.54, 1.807) is 31.2 Å². The molecule has 160 valence electrons. The summed E-state index contributed by atoms with van der Waals surface area (Å²) >= 11 is 0. The fourth-order valence-electron chi connectivity index (χ4n) is 3.43. The van der Waals surface area contributed by atoms with Crippen LogP contribution in [0.2, 0.25) is 0 Å². The van der Waals surface area contributed by atoms with E-state index >= 15 is 0 Å². The van der Waals surface area contributed by atoms with E-state index in [0.29, 0.717) is 30.3 Å². The van der Waals surface area contributed by atoms with E-state index in [2.05, 4.69) is 12.1 Å². The third kappa shape index (κ3) is 5.95. The number of aryl methyl sites for hydroxylation is 2. The van der Waals surface area contributed by atoms with Crippen molar-refractivity contribution < 1.29 is 23.8 Å². The number of hydrogen-bond donors (Lipinski definition) is 0. The fourth-order valence-corrected chi connectivity index (χ4v) is 3.43. The van der Waals surface area contributed by atoms with Crippen LogP contribution in [0.15, 0.2) is 60.7 Å². The van der Waals surface area contributed by atoms with Crippen LogP contribution in [0.1, 0.15) is 34.0 Å². The quantitative estimate of drug-likeness (QED) is 0.348. The summed E-state index contributed by atoms with van der Waals surface area (Å²) < 4.78 is 16.3. The molecule has 3 aromatic rings. The molecule has 0 fully saturated rings. The monoisotopic (exact) mass is 418 g/mol. The standard InChI is InChI=1S/C26H26O5/c1-4-29-25(28)17-31-24-12-18(2)26(19(3)13-24)22-7-5-6-21(14-22)16-30-23-10-8-20(15-27)9-11-23/h5-15H,4,16-17H2,1-3H3. The van der Waals surface area contributed by atoms with Crippen LogP contribution in [0.3, 0.4) is 0 Å². The molecular weight excluding hydrogens is 392 g/mol. The predicted octanol–water partition coefficient (Wildman–Crippen LogP) is 5.30. The van der Waals surface area contributed by atoms with Crippen LogP contribution >= 0.6 is 0 Å². The van der Waals surface area contributed by atoms with E-state index < -0.39 is 0 Å². The van der Waals surface area contributed by atoms with Gasteiger partial charge >= 0.3 is 5.97 Å². The van der Waals surface area contributed by atoms with Gasteiger partial charge in [0.2, 0.25) is 0 Å². The highest BCUT2D eigenvalue weighted by Gasteiger charge is 2.11. The number of esters is 1. The van der Waals surface area contributed by atoms with Gasteiger partial charge in [-0.05, 0) is 91.1 Å². The average molecular weight is 418 g/mol. The summed E-state index contributed by atoms with van der Waals surface area (Å²) in [5, 5.41) is 0. The molecule has 5 nitrogen and oxygen atoms in total. The van der Waals surface area contributed by atoms with Crippen molar-refractivity contribution in [1.82, 2.24) is 0 Å². The van der Waals surface area contributed by atoms with Gasteiger partial charge in [-0.1, -0.05) is 18.2 Å². The number of carbonyl (C=O) groups is 2. The zero-order valence-corrected chi connectivity index (χ0v) is 18.0. The van der Waals surface area contributed by atoms with Crippen molar-refractivity contribution in [3.8, 4) is 22.6 Å². The Bertz CT molecular complexity index is 1030. The Labute approximate surface area is 182 Å². The first kappa shape index (κ1) is 22.1. The van der Waals surface area contributed by atoms with E-state index in [1.165, 1.54) is 0 Å². The van der Waals surface area contributed by atoms with Crippen LogP contribution in [0, 0.1) is 13.8 Å². The topological polar surface area (TPSA) is 61.8 Å². The Morgan fingerprint density at radius 3 is 2.26 bits per heavy atom. The van der Waals surface area contributed by atoms with Gasteiger partial charge in [0.15, 0.2) is 6.61 Å². The van der Waals surface area contributed by atoms with E-state index in [9.17, 15) is 9.59 Å². The SMILES string of the molecule is CCOC(=O)COc1cc(C)c(-c2cccc(COc3ccc(C=O)cc3)c2)c(C)c1. The molecule has 5 heteroatoms. The maximum absolute atomic E-state index is 11.5. The van der Waals surface area contributed by atoms with Crippen LogP contribution in [0.5, 0.6) is 11.5 Å². The van der Waals surface area contributed by atoms with Crippen LogP contribution in [-0.2, 0) is 16.1 Å². The van der Waals surface area contributed by atoms with Gasteiger partial charge in [-0.15, -0.1) is 0 Å². The summed E-state index contributed by atoms with van der Waals surface area (Å²) in [6, 6.07) is 19.1. The van der Waals surface area contributed by atoms with Crippen molar-refractivity contribution in [2.24, 2.45) is 0 Å². The lowest BCUT2D eigenvalue weighted by Gasteiger charge is -2.15. The third-order valence-corrected chi connectivity index (χ3v) is 4.81. The minimum atomic E-state index is -0.379. The van der Waals surface area contributed by atoms with Gasteiger partial charge in [-0.25, -0.2) is 4.79 Å². The highest BCUT2D eigenvalue weighted by molar-refractivity contribution is 5.75. The zero-order valence-electron chi connectivity index (χ0n) is 18.0. The first-order chi connectivity index (χ1) is 15.0. The molecule has 0 unspecified atom stereocenters.